The van der Waals surface area contributed by atoms with Crippen molar-refractivity contribution in [3.05, 3.63) is 36.0 Å². The number of aryl methyl sites for hydroxylation is 1. The lowest BCUT2D eigenvalue weighted by Crippen LogP contribution is -2.51. The zero-order valence-electron chi connectivity index (χ0n) is 13.6. The van der Waals surface area contributed by atoms with Gasteiger partial charge in [0.1, 0.15) is 6.04 Å². The van der Waals surface area contributed by atoms with Gasteiger partial charge in [-0.25, -0.2) is 4.79 Å². The van der Waals surface area contributed by atoms with Crippen LogP contribution in [0.3, 0.4) is 0 Å². The van der Waals surface area contributed by atoms with Gasteiger partial charge in [-0.2, -0.15) is 0 Å². The largest absolute Gasteiger partial charge is 0.480 e. The van der Waals surface area contributed by atoms with Crippen molar-refractivity contribution in [1.82, 2.24) is 9.88 Å². The summed E-state index contributed by atoms with van der Waals surface area (Å²) in [5.41, 5.74) is 7.70. The molecule has 124 valence electrons. The Kier molecular flexibility index (Phi) is 5.05. The molecule has 0 aliphatic rings. The van der Waals surface area contributed by atoms with E-state index in [0.717, 1.165) is 16.5 Å². The molecule has 0 aliphatic heterocycles. The van der Waals surface area contributed by atoms with Gasteiger partial charge in [0.25, 0.3) is 0 Å². The van der Waals surface area contributed by atoms with Gasteiger partial charge in [-0.1, -0.05) is 32.0 Å². The maximum Gasteiger partial charge on any atom is 0.326 e. The third kappa shape index (κ3) is 3.71. The van der Waals surface area contributed by atoms with Crippen molar-refractivity contribution in [2.45, 2.75) is 32.4 Å². The molecule has 0 unspecified atom stereocenters. The van der Waals surface area contributed by atoms with Gasteiger partial charge in [0.2, 0.25) is 5.91 Å². The Hall–Kier alpha value is -2.34. The Morgan fingerprint density at radius 1 is 1.30 bits per heavy atom. The minimum Gasteiger partial charge on any atom is -0.480 e. The predicted octanol–water partition coefficient (Wildman–Crippen LogP) is 1.27. The Labute approximate surface area is 135 Å². The van der Waals surface area contributed by atoms with Gasteiger partial charge in [0, 0.05) is 30.6 Å². The van der Waals surface area contributed by atoms with E-state index in [4.69, 9.17) is 5.73 Å². The van der Waals surface area contributed by atoms with Crippen molar-refractivity contribution in [2.24, 2.45) is 18.7 Å². The Bertz CT molecular complexity index is 721. The second-order valence-electron chi connectivity index (χ2n) is 6.16. The van der Waals surface area contributed by atoms with Crippen molar-refractivity contribution in [3.63, 3.8) is 0 Å². The number of amides is 1. The zero-order chi connectivity index (χ0) is 17.1. The number of carboxylic acids is 1. The summed E-state index contributed by atoms with van der Waals surface area (Å²) in [6.07, 6.45) is 2.11. The third-order valence-corrected chi connectivity index (χ3v) is 4.04. The first kappa shape index (κ1) is 17.0. The molecule has 0 saturated carbocycles. The topological polar surface area (TPSA) is 97.4 Å². The number of nitrogens with zero attached hydrogens (tertiary/aromatic N) is 1. The fourth-order valence-electron chi connectivity index (χ4n) is 2.58. The number of para-hydroxylation sites is 1. The lowest BCUT2D eigenvalue weighted by Gasteiger charge is -2.19. The van der Waals surface area contributed by atoms with E-state index in [-0.39, 0.29) is 12.3 Å². The molecule has 0 aliphatic carbocycles. The molecule has 1 heterocycles. The highest BCUT2D eigenvalue weighted by molar-refractivity contribution is 5.88. The maximum absolute atomic E-state index is 12.1. The van der Waals surface area contributed by atoms with Crippen LogP contribution in [0.1, 0.15) is 19.4 Å². The van der Waals surface area contributed by atoms with Crippen LogP contribution in [-0.4, -0.2) is 33.6 Å². The van der Waals surface area contributed by atoms with Crippen molar-refractivity contribution in [1.29, 1.82) is 0 Å². The number of benzene rings is 1. The molecule has 23 heavy (non-hydrogen) atoms. The summed E-state index contributed by atoms with van der Waals surface area (Å²) < 4.78 is 1.95. The summed E-state index contributed by atoms with van der Waals surface area (Å²) in [7, 11) is 1.91. The van der Waals surface area contributed by atoms with Gasteiger partial charge in [-0.3, -0.25) is 4.79 Å². The van der Waals surface area contributed by atoms with E-state index in [9.17, 15) is 14.7 Å². The first-order chi connectivity index (χ1) is 10.8. The Morgan fingerprint density at radius 3 is 2.57 bits per heavy atom. The lowest BCUT2D eigenvalue weighted by molar-refractivity contribution is -0.142. The summed E-state index contributed by atoms with van der Waals surface area (Å²) in [6, 6.07) is 6.05. The fourth-order valence-corrected chi connectivity index (χ4v) is 2.58. The molecule has 2 rings (SSSR count). The fraction of sp³-hybridized carbons (Fsp3) is 0.412. The minimum atomic E-state index is -1.07. The molecular formula is C17H23N3O3. The second kappa shape index (κ2) is 6.83. The van der Waals surface area contributed by atoms with E-state index in [0.29, 0.717) is 0 Å². The summed E-state index contributed by atoms with van der Waals surface area (Å²) in [5.74, 6) is -1.56. The SMILES string of the molecule is CC(C)[C@H](N)C(=O)N[C@H](Cc1cn(C)c2ccccc12)C(=O)O. The molecular weight excluding hydrogens is 294 g/mol. The lowest BCUT2D eigenvalue weighted by atomic mass is 10.0. The number of carbonyl (C=O) groups excluding carboxylic acids is 1. The molecule has 6 heteroatoms. The molecule has 2 aromatic rings. The molecule has 0 saturated heterocycles. The minimum absolute atomic E-state index is 0.0537. The highest BCUT2D eigenvalue weighted by Gasteiger charge is 2.26. The Morgan fingerprint density at radius 2 is 1.96 bits per heavy atom. The number of carbonyl (C=O) groups is 2. The molecule has 0 fully saturated rings. The van der Waals surface area contributed by atoms with Crippen LogP contribution in [0.15, 0.2) is 30.5 Å². The zero-order valence-corrected chi connectivity index (χ0v) is 13.6. The van der Waals surface area contributed by atoms with E-state index in [2.05, 4.69) is 5.32 Å². The Balaban J connectivity index is 2.22. The normalized spacial score (nSPS) is 14.0. The van der Waals surface area contributed by atoms with Crippen LogP contribution in [0, 0.1) is 5.92 Å². The van der Waals surface area contributed by atoms with E-state index >= 15 is 0 Å². The smallest absolute Gasteiger partial charge is 0.326 e. The molecule has 2 atom stereocenters. The van der Waals surface area contributed by atoms with Gasteiger partial charge in [0.05, 0.1) is 6.04 Å². The molecule has 1 aromatic carbocycles. The average Bonchev–Trinajstić information content (AvgIpc) is 2.82. The summed E-state index contributed by atoms with van der Waals surface area (Å²) >= 11 is 0. The standard InChI is InChI=1S/C17H23N3O3/c1-10(2)15(18)16(21)19-13(17(22)23)8-11-9-20(3)14-7-5-4-6-12(11)14/h4-7,9-10,13,15H,8,18H2,1-3H3,(H,19,21)(H,22,23)/t13-,15+/m1/s1. The monoisotopic (exact) mass is 317 g/mol. The number of rotatable bonds is 6. The van der Waals surface area contributed by atoms with E-state index in [1.54, 1.807) is 0 Å². The van der Waals surface area contributed by atoms with Gasteiger partial charge >= 0.3 is 5.97 Å². The van der Waals surface area contributed by atoms with Crippen LogP contribution in [0.2, 0.25) is 0 Å². The number of carboxylic acid groups (broad SMARTS) is 1. The number of aromatic nitrogens is 1. The summed E-state index contributed by atoms with van der Waals surface area (Å²) in [4.78, 5) is 23.6. The van der Waals surface area contributed by atoms with Crippen LogP contribution >= 0.6 is 0 Å². The quantitative estimate of drug-likeness (QED) is 0.747. The van der Waals surface area contributed by atoms with E-state index in [1.165, 1.54) is 0 Å². The van der Waals surface area contributed by atoms with Crippen molar-refractivity contribution in [3.8, 4) is 0 Å². The number of hydrogen-bond acceptors (Lipinski definition) is 3. The van der Waals surface area contributed by atoms with Gasteiger partial charge < -0.3 is 20.7 Å². The van der Waals surface area contributed by atoms with E-state index in [1.807, 2.05) is 55.9 Å². The van der Waals surface area contributed by atoms with Crippen molar-refractivity contribution in [2.75, 3.05) is 0 Å². The molecule has 1 aromatic heterocycles. The number of nitrogens with two attached hydrogens (primary N) is 1. The summed E-state index contributed by atoms with van der Waals surface area (Å²) in [6.45, 7) is 3.65. The average molecular weight is 317 g/mol. The van der Waals surface area contributed by atoms with Crippen molar-refractivity contribution < 1.29 is 14.7 Å². The van der Waals surface area contributed by atoms with Crippen LogP contribution in [0.5, 0.6) is 0 Å². The summed E-state index contributed by atoms with van der Waals surface area (Å²) in [5, 5.41) is 13.0. The second-order valence-corrected chi connectivity index (χ2v) is 6.16. The van der Waals surface area contributed by atoms with Gasteiger partial charge in [-0.05, 0) is 17.5 Å². The third-order valence-electron chi connectivity index (χ3n) is 4.04. The molecule has 6 nitrogen and oxygen atoms in total. The van der Waals surface area contributed by atoms with Crippen molar-refractivity contribution >= 4 is 22.8 Å². The first-order valence-corrected chi connectivity index (χ1v) is 7.63. The number of nitrogens with one attached hydrogen (secondary N) is 1. The van der Waals surface area contributed by atoms with E-state index < -0.39 is 24.0 Å². The maximum atomic E-state index is 12.1. The molecule has 0 spiro atoms. The highest BCUT2D eigenvalue weighted by atomic mass is 16.4. The molecule has 4 N–H and O–H groups in total. The molecule has 1 amide bonds. The van der Waals surface area contributed by atoms with Gasteiger partial charge in [0.15, 0.2) is 0 Å². The van der Waals surface area contributed by atoms with Gasteiger partial charge in [-0.15, -0.1) is 0 Å². The van der Waals surface area contributed by atoms with Crippen LogP contribution in [0.25, 0.3) is 10.9 Å². The van der Waals surface area contributed by atoms with Crippen LogP contribution in [0.4, 0.5) is 0 Å². The number of fused-ring (bicyclic) bond motifs is 1. The first-order valence-electron chi connectivity index (χ1n) is 7.63. The molecule has 0 radical (unpaired) electrons. The number of aliphatic carboxylic acids is 1. The van der Waals surface area contributed by atoms with Crippen LogP contribution < -0.4 is 11.1 Å². The van der Waals surface area contributed by atoms with Crippen LogP contribution in [-0.2, 0) is 23.1 Å². The molecule has 0 bridgehead atoms. The number of hydrogen-bond donors (Lipinski definition) is 3. The predicted molar refractivity (Wildman–Crippen MR) is 89.0 cm³/mol. The highest BCUT2D eigenvalue weighted by Crippen LogP contribution is 2.21.